The normalized spacial score (nSPS) is 15.2. The van der Waals surface area contributed by atoms with Crippen molar-refractivity contribution in [1.82, 2.24) is 4.98 Å². The molecule has 0 aromatic carbocycles. The third kappa shape index (κ3) is 1.27. The topological polar surface area (TPSA) is 42.0 Å². The molecule has 1 aliphatic rings. The third-order valence-electron chi connectivity index (χ3n) is 1.51. The maximum atomic E-state index is 12.6. The minimum absolute atomic E-state index is 0.137. The van der Waals surface area contributed by atoms with Gasteiger partial charge in [0.05, 0.1) is 6.20 Å². The van der Waals surface area contributed by atoms with Crippen LogP contribution in [0.1, 0.15) is 5.56 Å². The summed E-state index contributed by atoms with van der Waals surface area (Å²) < 4.78 is 12.6. The fourth-order valence-corrected chi connectivity index (χ4v) is 1.66. The quantitative estimate of drug-likeness (QED) is 0.670. The van der Waals surface area contributed by atoms with Gasteiger partial charge in [0.1, 0.15) is 11.6 Å². The van der Waals surface area contributed by atoms with Crippen LogP contribution in [0.15, 0.2) is 12.3 Å². The summed E-state index contributed by atoms with van der Waals surface area (Å²) in [6.45, 7) is 0. The summed E-state index contributed by atoms with van der Waals surface area (Å²) in [5.41, 5.74) is 0.736. The van der Waals surface area contributed by atoms with Crippen LogP contribution in [0.5, 0.6) is 0 Å². The molecular formula is C7H5FN2OS. The first-order valence-electron chi connectivity index (χ1n) is 3.34. The number of thioether (sulfide) groups is 1. The van der Waals surface area contributed by atoms with Gasteiger partial charge in [-0.15, -0.1) is 0 Å². The average molecular weight is 184 g/mol. The van der Waals surface area contributed by atoms with Gasteiger partial charge in [-0.1, -0.05) is 11.8 Å². The van der Waals surface area contributed by atoms with Crippen LogP contribution in [0, 0.1) is 5.82 Å². The Morgan fingerprint density at radius 1 is 1.67 bits per heavy atom. The van der Waals surface area contributed by atoms with Crippen LogP contribution in [-0.4, -0.2) is 10.2 Å². The Balaban J connectivity index is 2.43. The second-order valence-electron chi connectivity index (χ2n) is 2.36. The van der Waals surface area contributed by atoms with Crippen molar-refractivity contribution in [3.63, 3.8) is 0 Å². The van der Waals surface area contributed by atoms with Crippen molar-refractivity contribution in [1.29, 1.82) is 0 Å². The SMILES string of the molecule is O=C1Nc2ncc(F)cc2CS1. The number of nitrogens with one attached hydrogen (secondary N) is 1. The van der Waals surface area contributed by atoms with Gasteiger partial charge in [0, 0.05) is 11.3 Å². The van der Waals surface area contributed by atoms with E-state index >= 15 is 0 Å². The second kappa shape index (κ2) is 2.75. The Kier molecular flexibility index (Phi) is 1.73. The van der Waals surface area contributed by atoms with E-state index in [1.807, 2.05) is 0 Å². The number of anilines is 1. The molecule has 1 aromatic heterocycles. The van der Waals surface area contributed by atoms with Crippen LogP contribution in [-0.2, 0) is 5.75 Å². The van der Waals surface area contributed by atoms with Gasteiger partial charge >= 0.3 is 0 Å². The Hall–Kier alpha value is -1.10. The maximum Gasteiger partial charge on any atom is 0.284 e. The Morgan fingerprint density at radius 3 is 3.33 bits per heavy atom. The summed E-state index contributed by atoms with van der Waals surface area (Å²) in [6, 6.07) is 1.38. The molecule has 0 saturated heterocycles. The molecule has 0 spiro atoms. The molecule has 1 N–H and O–H groups in total. The van der Waals surface area contributed by atoms with Crippen LogP contribution in [0.25, 0.3) is 0 Å². The molecule has 0 fully saturated rings. The van der Waals surface area contributed by atoms with E-state index in [1.165, 1.54) is 6.07 Å². The molecule has 12 heavy (non-hydrogen) atoms. The van der Waals surface area contributed by atoms with Gasteiger partial charge in [-0.05, 0) is 6.07 Å². The zero-order valence-corrected chi connectivity index (χ0v) is 6.82. The number of rotatable bonds is 0. The van der Waals surface area contributed by atoms with Gasteiger partial charge in [-0.25, -0.2) is 9.37 Å². The molecular weight excluding hydrogens is 179 g/mol. The van der Waals surface area contributed by atoms with Crippen LogP contribution < -0.4 is 5.32 Å². The highest BCUT2D eigenvalue weighted by Gasteiger charge is 2.16. The van der Waals surface area contributed by atoms with Gasteiger partial charge in [0.15, 0.2) is 0 Å². The standard InChI is InChI=1S/C7H5FN2OS/c8-5-1-4-3-12-7(11)10-6(4)9-2-5/h1-2H,3H2,(H,9,10,11). The average Bonchev–Trinajstić information content (AvgIpc) is 2.05. The van der Waals surface area contributed by atoms with Crippen LogP contribution in [0.4, 0.5) is 15.0 Å². The molecule has 1 aliphatic heterocycles. The zero-order valence-electron chi connectivity index (χ0n) is 6.00. The number of carbonyl (C=O) groups is 1. The van der Waals surface area contributed by atoms with E-state index in [0.29, 0.717) is 11.6 Å². The Bertz CT molecular complexity index is 342. The molecule has 1 aromatic rings. The van der Waals surface area contributed by atoms with E-state index in [4.69, 9.17) is 0 Å². The molecule has 0 aliphatic carbocycles. The fourth-order valence-electron chi connectivity index (χ4n) is 0.980. The van der Waals surface area contributed by atoms with Gasteiger partial charge in [-0.3, -0.25) is 4.79 Å². The summed E-state index contributed by atoms with van der Waals surface area (Å²) in [6.07, 6.45) is 1.09. The lowest BCUT2D eigenvalue weighted by atomic mass is 10.3. The lowest BCUT2D eigenvalue weighted by molar-refractivity contribution is 0.269. The minimum atomic E-state index is -0.370. The highest BCUT2D eigenvalue weighted by atomic mass is 32.2. The van der Waals surface area contributed by atoms with Gasteiger partial charge in [-0.2, -0.15) is 0 Å². The number of fused-ring (bicyclic) bond motifs is 1. The number of nitrogens with zero attached hydrogens (tertiary/aromatic N) is 1. The molecule has 0 unspecified atom stereocenters. The van der Waals surface area contributed by atoms with Gasteiger partial charge in [0.25, 0.3) is 5.24 Å². The number of carbonyl (C=O) groups excluding carboxylic acids is 1. The third-order valence-corrected chi connectivity index (χ3v) is 2.33. The monoisotopic (exact) mass is 184 g/mol. The predicted molar refractivity (Wildman–Crippen MR) is 44.5 cm³/mol. The zero-order chi connectivity index (χ0) is 8.55. The largest absolute Gasteiger partial charge is 0.301 e. The van der Waals surface area contributed by atoms with Crippen molar-refractivity contribution in [2.75, 3.05) is 5.32 Å². The molecule has 1 amide bonds. The summed E-state index contributed by atoms with van der Waals surface area (Å²) >= 11 is 1.11. The lowest BCUT2D eigenvalue weighted by Gasteiger charge is -2.13. The molecule has 2 rings (SSSR count). The van der Waals surface area contributed by atoms with E-state index < -0.39 is 0 Å². The van der Waals surface area contributed by atoms with E-state index in [-0.39, 0.29) is 11.1 Å². The van der Waals surface area contributed by atoms with E-state index in [9.17, 15) is 9.18 Å². The number of halogens is 1. The Labute approximate surface area is 72.4 Å². The Morgan fingerprint density at radius 2 is 2.50 bits per heavy atom. The van der Waals surface area contributed by atoms with E-state index in [1.54, 1.807) is 0 Å². The first kappa shape index (κ1) is 7.54. The van der Waals surface area contributed by atoms with Crippen molar-refractivity contribution >= 4 is 22.8 Å². The first-order valence-corrected chi connectivity index (χ1v) is 4.32. The minimum Gasteiger partial charge on any atom is -0.301 e. The summed E-state index contributed by atoms with van der Waals surface area (Å²) in [5, 5.41) is 2.40. The number of aromatic nitrogens is 1. The van der Waals surface area contributed by atoms with E-state index in [0.717, 1.165) is 23.5 Å². The summed E-state index contributed by atoms with van der Waals surface area (Å²) in [4.78, 5) is 14.6. The lowest BCUT2D eigenvalue weighted by Crippen LogP contribution is -2.14. The molecule has 0 atom stereocenters. The maximum absolute atomic E-state index is 12.6. The molecule has 5 heteroatoms. The van der Waals surface area contributed by atoms with E-state index in [2.05, 4.69) is 10.3 Å². The number of amides is 1. The first-order chi connectivity index (χ1) is 5.75. The molecule has 2 heterocycles. The molecule has 0 saturated carbocycles. The van der Waals surface area contributed by atoms with Crippen LogP contribution >= 0.6 is 11.8 Å². The van der Waals surface area contributed by atoms with Crippen molar-refractivity contribution in [3.8, 4) is 0 Å². The summed E-state index contributed by atoms with van der Waals surface area (Å²) in [7, 11) is 0. The fraction of sp³-hybridized carbons (Fsp3) is 0.143. The number of hydrogen-bond donors (Lipinski definition) is 1. The van der Waals surface area contributed by atoms with Crippen molar-refractivity contribution in [2.45, 2.75) is 5.75 Å². The molecule has 62 valence electrons. The number of hydrogen-bond acceptors (Lipinski definition) is 3. The molecule has 3 nitrogen and oxygen atoms in total. The van der Waals surface area contributed by atoms with Crippen LogP contribution in [0.2, 0.25) is 0 Å². The van der Waals surface area contributed by atoms with Gasteiger partial charge in [0.2, 0.25) is 0 Å². The molecule has 0 radical (unpaired) electrons. The van der Waals surface area contributed by atoms with Gasteiger partial charge < -0.3 is 5.32 Å². The summed E-state index contributed by atoms with van der Waals surface area (Å²) in [5.74, 6) is 0.594. The second-order valence-corrected chi connectivity index (χ2v) is 3.31. The predicted octanol–water partition coefficient (Wildman–Crippen LogP) is 2.00. The highest BCUT2D eigenvalue weighted by Crippen LogP contribution is 2.26. The smallest absolute Gasteiger partial charge is 0.284 e. The van der Waals surface area contributed by atoms with Crippen molar-refractivity contribution in [2.24, 2.45) is 0 Å². The molecule has 0 bridgehead atoms. The van der Waals surface area contributed by atoms with Crippen LogP contribution in [0.3, 0.4) is 0 Å². The van der Waals surface area contributed by atoms with Crippen molar-refractivity contribution < 1.29 is 9.18 Å². The van der Waals surface area contributed by atoms with Crippen molar-refractivity contribution in [3.05, 3.63) is 23.6 Å². The number of pyridine rings is 1. The highest BCUT2D eigenvalue weighted by molar-refractivity contribution is 8.13.